The van der Waals surface area contributed by atoms with Crippen LogP contribution in [0.4, 0.5) is 0 Å². The molecule has 0 aromatic carbocycles. The first-order chi connectivity index (χ1) is 20.4. The molecule has 6 heteroatoms. The fourth-order valence-corrected chi connectivity index (χ4v) is 16.7. The predicted molar refractivity (Wildman–Crippen MR) is 183 cm³/mol. The topological polar surface area (TPSA) is 34.6 Å². The normalized spacial score (nSPS) is 17.2. The summed E-state index contributed by atoms with van der Waals surface area (Å²) in [5.41, 5.74) is 18.3. The van der Waals surface area contributed by atoms with Crippen LogP contribution in [-0.4, -0.2) is 37.4 Å². The standard InChI is InChI=1S/C36H44N4.ClH.In/c1-9-21-22(10-2)30-18-32-25(13-5)26(14-6)34(39-32)20-36-28(16-8)27(15-7)35(40-36)19-33-24(12-4)23(11-3)31(38-33)17-29(21)37-30;;/h17-20H,9-16H2,1-8H3;1H;/q-2;;+3/p-1. The van der Waals surface area contributed by atoms with Crippen molar-refractivity contribution < 1.29 is 0 Å². The second kappa shape index (κ2) is 11.7. The second-order valence-corrected chi connectivity index (χ2v) is 18.9. The maximum absolute atomic E-state index is 8.07. The van der Waals surface area contributed by atoms with Crippen molar-refractivity contribution >= 4 is 65.1 Å². The number of aliphatic imine (C=N–C) groups is 2. The molecule has 0 saturated heterocycles. The number of halogens is 1. The summed E-state index contributed by atoms with van der Waals surface area (Å²) in [6.07, 6.45) is 17.4. The van der Waals surface area contributed by atoms with E-state index in [-0.39, 0.29) is 0 Å². The summed E-state index contributed by atoms with van der Waals surface area (Å²) in [6.45, 7) is 18.3. The van der Waals surface area contributed by atoms with Gasteiger partial charge in [0.15, 0.2) is 0 Å². The van der Waals surface area contributed by atoms with Crippen molar-refractivity contribution in [2.24, 2.45) is 9.98 Å². The second-order valence-electron chi connectivity index (χ2n) is 11.6. The molecule has 4 aliphatic heterocycles. The minimum absolute atomic E-state index is 0.971. The number of rotatable bonds is 8. The van der Waals surface area contributed by atoms with Gasteiger partial charge in [0.25, 0.3) is 0 Å². The van der Waals surface area contributed by atoms with E-state index >= 15 is 0 Å². The van der Waals surface area contributed by atoms with Crippen molar-refractivity contribution in [1.82, 2.24) is 5.11 Å². The molecule has 2 aromatic heterocycles. The number of allylic oxidation sites excluding steroid dienone is 4. The third kappa shape index (κ3) is 4.24. The van der Waals surface area contributed by atoms with Gasteiger partial charge >= 0.3 is 265 Å². The van der Waals surface area contributed by atoms with Crippen LogP contribution >= 0.6 is 8.58 Å². The Morgan fingerprint density at radius 2 is 0.881 bits per heavy atom. The quantitative estimate of drug-likeness (QED) is 0.276. The van der Waals surface area contributed by atoms with Gasteiger partial charge < -0.3 is 0 Å². The summed E-state index contributed by atoms with van der Waals surface area (Å²) < 4.78 is 5.23. The van der Waals surface area contributed by atoms with E-state index < -0.39 is 20.8 Å². The Labute approximate surface area is 263 Å². The van der Waals surface area contributed by atoms with Gasteiger partial charge in [0.05, 0.1) is 0 Å². The SMILES string of the molecule is CCC1=C(CC)C2=NC1=Cc1c(CC)c(CC)c3[n]1[In]([Cl])[n]1c(c(CC)c(CC)c1=CC1=NC(=C3)C(CC)=C1CC)=C2. The van der Waals surface area contributed by atoms with Crippen LogP contribution in [0.3, 0.4) is 0 Å². The summed E-state index contributed by atoms with van der Waals surface area (Å²) in [7, 11) is 8.07. The van der Waals surface area contributed by atoms with Gasteiger partial charge in [-0.2, -0.15) is 0 Å². The fourth-order valence-electron chi connectivity index (χ4n) is 7.96. The Balaban J connectivity index is 1.92. The zero-order valence-electron chi connectivity index (χ0n) is 26.7. The first-order valence-electron chi connectivity index (χ1n) is 16.3. The van der Waals surface area contributed by atoms with Gasteiger partial charge in [-0.15, -0.1) is 0 Å². The molecule has 4 nitrogen and oxygen atoms in total. The molecule has 218 valence electrons. The van der Waals surface area contributed by atoms with Crippen LogP contribution in [0.2, 0.25) is 0 Å². The van der Waals surface area contributed by atoms with E-state index in [0.29, 0.717) is 0 Å². The van der Waals surface area contributed by atoms with E-state index in [1.165, 1.54) is 66.6 Å². The average Bonchev–Trinajstić information content (AvgIpc) is 3.69. The van der Waals surface area contributed by atoms with Gasteiger partial charge in [-0.05, 0) is 0 Å². The molecule has 6 heterocycles. The summed E-state index contributed by atoms with van der Waals surface area (Å²) in [6, 6.07) is 0. The summed E-state index contributed by atoms with van der Waals surface area (Å²) in [5, 5.41) is 2.56. The third-order valence-electron chi connectivity index (χ3n) is 9.80. The molecule has 0 atom stereocenters. The molecular weight excluding hydrogens is 639 g/mol. The fraction of sp³-hybridized carbons (Fsp3) is 0.444. The average molecular weight is 683 g/mol. The minimum atomic E-state index is -3.32. The monoisotopic (exact) mass is 682 g/mol. The van der Waals surface area contributed by atoms with Crippen LogP contribution in [0.15, 0.2) is 43.7 Å². The van der Waals surface area contributed by atoms with Crippen molar-refractivity contribution in [3.63, 3.8) is 0 Å². The zero-order valence-corrected chi connectivity index (χ0v) is 30.8. The third-order valence-corrected chi connectivity index (χ3v) is 18.0. The van der Waals surface area contributed by atoms with Crippen LogP contribution in [0.25, 0.3) is 24.3 Å². The molecule has 0 unspecified atom stereocenters. The molecule has 6 rings (SSSR count). The van der Waals surface area contributed by atoms with Gasteiger partial charge in [0.2, 0.25) is 0 Å². The first-order valence-corrected chi connectivity index (χ1v) is 23.4. The molecule has 0 aliphatic carbocycles. The van der Waals surface area contributed by atoms with Gasteiger partial charge in [-0.1, -0.05) is 0 Å². The maximum atomic E-state index is 8.07. The molecule has 0 radical (unpaired) electrons. The Hall–Kier alpha value is -2.24. The zero-order chi connectivity index (χ0) is 29.9. The number of nitrogens with zero attached hydrogens (tertiary/aromatic N) is 4. The van der Waals surface area contributed by atoms with E-state index in [4.69, 9.17) is 18.6 Å². The van der Waals surface area contributed by atoms with E-state index in [2.05, 4.69) is 84.8 Å². The Morgan fingerprint density at radius 1 is 0.500 bits per heavy atom. The molecule has 0 fully saturated rings. The van der Waals surface area contributed by atoms with Crippen LogP contribution < -0.4 is 10.7 Å². The van der Waals surface area contributed by atoms with Gasteiger partial charge in [-0.3, -0.25) is 0 Å². The molecule has 0 amide bonds. The first kappa shape index (κ1) is 29.8. The van der Waals surface area contributed by atoms with E-state index in [1.54, 1.807) is 0 Å². The van der Waals surface area contributed by atoms with Crippen LogP contribution in [-0.2, 0) is 25.7 Å². The number of hydrogen-bond donors (Lipinski definition) is 0. The molecule has 0 saturated carbocycles. The molecule has 42 heavy (non-hydrogen) atoms. The predicted octanol–water partition coefficient (Wildman–Crippen LogP) is 7.57. The van der Waals surface area contributed by atoms with E-state index in [0.717, 1.165) is 74.2 Å². The molecule has 4 aliphatic rings. The van der Waals surface area contributed by atoms with Crippen molar-refractivity contribution in [2.45, 2.75) is 107 Å². The van der Waals surface area contributed by atoms with Gasteiger partial charge in [0, 0.05) is 0 Å². The molecule has 6 bridgehead atoms. The summed E-state index contributed by atoms with van der Waals surface area (Å²) in [4.78, 5) is 10.8. The van der Waals surface area contributed by atoms with Gasteiger partial charge in [-0.25, -0.2) is 0 Å². The molecule has 2 aromatic rings. The molecule has 0 N–H and O–H groups in total. The van der Waals surface area contributed by atoms with Crippen molar-refractivity contribution in [3.8, 4) is 0 Å². The number of fused-ring (bicyclic) bond motifs is 2. The van der Waals surface area contributed by atoms with Crippen molar-refractivity contribution in [3.05, 3.63) is 78.0 Å². The molecular formula is C36H44ClInN4. The number of hydrogen-bond acceptors (Lipinski definition) is 2. The van der Waals surface area contributed by atoms with Crippen LogP contribution in [0.1, 0.15) is 115 Å². The Kier molecular flexibility index (Phi) is 8.30. The van der Waals surface area contributed by atoms with Crippen molar-refractivity contribution in [2.75, 3.05) is 0 Å². The van der Waals surface area contributed by atoms with E-state index in [9.17, 15) is 0 Å². The summed E-state index contributed by atoms with van der Waals surface area (Å²) >= 11 is -3.32. The van der Waals surface area contributed by atoms with E-state index in [1.807, 2.05) is 0 Å². The van der Waals surface area contributed by atoms with Crippen LogP contribution in [0, 0.1) is 0 Å². The Morgan fingerprint density at radius 3 is 1.21 bits per heavy atom. The Bertz CT molecular complexity index is 1690. The summed E-state index contributed by atoms with van der Waals surface area (Å²) in [5.74, 6) is 0. The van der Waals surface area contributed by atoms with Crippen molar-refractivity contribution in [1.29, 1.82) is 0 Å². The number of aromatic nitrogens is 2. The molecule has 0 spiro atoms. The van der Waals surface area contributed by atoms with Gasteiger partial charge in [0.1, 0.15) is 0 Å². The van der Waals surface area contributed by atoms with Crippen LogP contribution in [0.5, 0.6) is 0 Å².